The van der Waals surface area contributed by atoms with Crippen LogP contribution in [-0.2, 0) is 0 Å². The molecule has 1 N–H and O–H groups in total. The number of aromatic amines is 1. The molecule has 0 aromatic carbocycles. The molecule has 5 nitrogen and oxygen atoms in total. The Balaban J connectivity index is 1.75. The fraction of sp³-hybridized carbons (Fsp3) is 0.214. The number of nitrogens with one attached hydrogen (secondary N) is 1. The van der Waals surface area contributed by atoms with Crippen LogP contribution in [-0.4, -0.2) is 25.7 Å². The van der Waals surface area contributed by atoms with Crippen molar-refractivity contribution in [3.8, 4) is 17.3 Å². The molecule has 1 atom stereocenters. The first-order chi connectivity index (χ1) is 10.1. The molecule has 0 spiro atoms. The number of alkyl halides is 2. The summed E-state index contributed by atoms with van der Waals surface area (Å²) in [5, 5.41) is 13.9. The highest BCUT2D eigenvalue weighted by molar-refractivity contribution is 5.86. The zero-order chi connectivity index (χ0) is 14.6. The van der Waals surface area contributed by atoms with Gasteiger partial charge in [0.2, 0.25) is 0 Å². The zero-order valence-corrected chi connectivity index (χ0v) is 10.7. The molecule has 104 valence electrons. The van der Waals surface area contributed by atoms with Gasteiger partial charge in [-0.25, -0.2) is 13.8 Å². The van der Waals surface area contributed by atoms with Crippen LogP contribution in [0.4, 0.5) is 8.78 Å². The van der Waals surface area contributed by atoms with Crippen LogP contribution in [0.5, 0.6) is 0 Å². The molecule has 1 aliphatic rings. The van der Waals surface area contributed by atoms with Crippen LogP contribution in [0.15, 0.2) is 30.7 Å². The third kappa shape index (κ3) is 1.80. The van der Waals surface area contributed by atoms with E-state index in [9.17, 15) is 8.78 Å². The lowest BCUT2D eigenvalue weighted by Gasteiger charge is -1.99. The number of pyridine rings is 1. The van der Waals surface area contributed by atoms with Crippen molar-refractivity contribution >= 4 is 11.0 Å². The Bertz CT molecular complexity index is 886. The van der Waals surface area contributed by atoms with Gasteiger partial charge in [-0.3, -0.25) is 4.68 Å². The van der Waals surface area contributed by atoms with Gasteiger partial charge >= 0.3 is 0 Å². The molecule has 1 unspecified atom stereocenters. The number of H-pyrrole nitrogens is 1. The molecule has 0 amide bonds. The SMILES string of the molecule is N#Cc1c[nH]c2ncc(-c3ccn(C4CC4(F)F)n3)cc12. The molecule has 0 radical (unpaired) electrons. The van der Waals surface area contributed by atoms with Crippen molar-refractivity contribution in [2.45, 2.75) is 18.4 Å². The summed E-state index contributed by atoms with van der Waals surface area (Å²) in [6, 6.07) is 4.70. The van der Waals surface area contributed by atoms with E-state index in [0.29, 0.717) is 27.9 Å². The Labute approximate surface area is 117 Å². The molecule has 1 saturated carbocycles. The molecule has 4 rings (SSSR count). The van der Waals surface area contributed by atoms with Crippen molar-refractivity contribution in [1.82, 2.24) is 19.7 Å². The van der Waals surface area contributed by atoms with E-state index in [1.165, 1.54) is 4.68 Å². The fourth-order valence-corrected chi connectivity index (χ4v) is 2.39. The number of halogens is 2. The van der Waals surface area contributed by atoms with E-state index in [0.717, 1.165) is 0 Å². The van der Waals surface area contributed by atoms with Crippen molar-refractivity contribution in [3.05, 3.63) is 36.3 Å². The summed E-state index contributed by atoms with van der Waals surface area (Å²) < 4.78 is 27.4. The van der Waals surface area contributed by atoms with Gasteiger partial charge in [0, 0.05) is 36.0 Å². The minimum Gasteiger partial charge on any atom is -0.345 e. The molecule has 3 aromatic rings. The first kappa shape index (κ1) is 12.0. The van der Waals surface area contributed by atoms with Crippen molar-refractivity contribution in [2.75, 3.05) is 0 Å². The van der Waals surface area contributed by atoms with Crippen LogP contribution in [0.25, 0.3) is 22.3 Å². The monoisotopic (exact) mass is 285 g/mol. The Kier molecular flexibility index (Phi) is 2.22. The lowest BCUT2D eigenvalue weighted by molar-refractivity contribution is 0.0984. The number of hydrogen-bond acceptors (Lipinski definition) is 3. The smallest absolute Gasteiger partial charge is 0.272 e. The van der Waals surface area contributed by atoms with Crippen LogP contribution in [0, 0.1) is 11.3 Å². The molecule has 21 heavy (non-hydrogen) atoms. The predicted molar refractivity (Wildman–Crippen MR) is 70.6 cm³/mol. The molecule has 7 heteroatoms. The second kappa shape index (κ2) is 3.88. The van der Waals surface area contributed by atoms with Gasteiger partial charge in [-0.2, -0.15) is 10.4 Å². The first-order valence-corrected chi connectivity index (χ1v) is 6.39. The highest BCUT2D eigenvalue weighted by atomic mass is 19.3. The lowest BCUT2D eigenvalue weighted by atomic mass is 10.1. The third-order valence-electron chi connectivity index (χ3n) is 3.67. The van der Waals surface area contributed by atoms with Crippen LogP contribution in [0.3, 0.4) is 0 Å². The number of nitriles is 1. The van der Waals surface area contributed by atoms with Crippen molar-refractivity contribution in [2.24, 2.45) is 0 Å². The normalized spacial score (nSPS) is 19.6. The van der Waals surface area contributed by atoms with Gasteiger partial charge in [-0.05, 0) is 12.1 Å². The van der Waals surface area contributed by atoms with E-state index >= 15 is 0 Å². The van der Waals surface area contributed by atoms with Crippen molar-refractivity contribution in [3.63, 3.8) is 0 Å². The Hall–Kier alpha value is -2.75. The Morgan fingerprint density at radius 3 is 3.00 bits per heavy atom. The molecule has 0 bridgehead atoms. The molecule has 1 fully saturated rings. The van der Waals surface area contributed by atoms with Crippen LogP contribution in [0.2, 0.25) is 0 Å². The quantitative estimate of drug-likeness (QED) is 0.787. The number of rotatable bonds is 2. The zero-order valence-electron chi connectivity index (χ0n) is 10.7. The fourth-order valence-electron chi connectivity index (χ4n) is 2.39. The molecule has 3 aromatic heterocycles. The summed E-state index contributed by atoms with van der Waals surface area (Å²) in [6.45, 7) is 0. The second-order valence-electron chi connectivity index (χ2n) is 5.10. The second-order valence-corrected chi connectivity index (χ2v) is 5.10. The summed E-state index contributed by atoms with van der Waals surface area (Å²) in [7, 11) is 0. The van der Waals surface area contributed by atoms with Gasteiger partial charge in [0.05, 0.1) is 11.3 Å². The van der Waals surface area contributed by atoms with E-state index in [4.69, 9.17) is 5.26 Å². The van der Waals surface area contributed by atoms with Crippen molar-refractivity contribution in [1.29, 1.82) is 5.26 Å². The molecular weight excluding hydrogens is 276 g/mol. The van der Waals surface area contributed by atoms with Crippen LogP contribution < -0.4 is 0 Å². The summed E-state index contributed by atoms with van der Waals surface area (Å²) in [5.74, 6) is -2.65. The molecule has 1 aliphatic carbocycles. The summed E-state index contributed by atoms with van der Waals surface area (Å²) >= 11 is 0. The van der Waals surface area contributed by atoms with Gasteiger partial charge in [0.1, 0.15) is 17.8 Å². The number of hydrogen-bond donors (Lipinski definition) is 1. The molecular formula is C14H9F2N5. The molecule has 0 aliphatic heterocycles. The number of fused-ring (bicyclic) bond motifs is 1. The standard InChI is InChI=1S/C14H9F2N5/c15-14(16)4-12(14)21-2-1-11(20-21)8-3-10-9(5-17)7-19-13(10)18-6-8/h1-3,6-7,12H,4H2,(H,18,19). The van der Waals surface area contributed by atoms with Gasteiger partial charge < -0.3 is 4.98 Å². The first-order valence-electron chi connectivity index (χ1n) is 6.39. The Morgan fingerprint density at radius 2 is 2.29 bits per heavy atom. The largest absolute Gasteiger partial charge is 0.345 e. The maximum Gasteiger partial charge on any atom is 0.272 e. The number of aromatic nitrogens is 4. The highest BCUT2D eigenvalue weighted by Gasteiger charge is 2.59. The number of nitrogens with zero attached hydrogens (tertiary/aromatic N) is 4. The predicted octanol–water partition coefficient (Wildman–Crippen LogP) is 2.88. The van der Waals surface area contributed by atoms with E-state index in [-0.39, 0.29) is 6.42 Å². The summed E-state index contributed by atoms with van der Waals surface area (Å²) in [5.41, 5.74) is 2.37. The maximum absolute atomic E-state index is 13.0. The highest BCUT2D eigenvalue weighted by Crippen LogP contribution is 2.52. The minimum absolute atomic E-state index is 0.165. The van der Waals surface area contributed by atoms with E-state index in [1.54, 1.807) is 30.7 Å². The summed E-state index contributed by atoms with van der Waals surface area (Å²) in [6.07, 6.45) is 4.58. The molecule has 0 saturated heterocycles. The Morgan fingerprint density at radius 1 is 1.48 bits per heavy atom. The van der Waals surface area contributed by atoms with Gasteiger partial charge in [-0.15, -0.1) is 0 Å². The van der Waals surface area contributed by atoms with Crippen LogP contribution in [0.1, 0.15) is 18.0 Å². The summed E-state index contributed by atoms with van der Waals surface area (Å²) in [4.78, 5) is 7.12. The van der Waals surface area contributed by atoms with E-state index in [2.05, 4.69) is 21.1 Å². The van der Waals surface area contributed by atoms with E-state index in [1.807, 2.05) is 0 Å². The average molecular weight is 285 g/mol. The maximum atomic E-state index is 13.0. The minimum atomic E-state index is -2.65. The van der Waals surface area contributed by atoms with E-state index < -0.39 is 12.0 Å². The van der Waals surface area contributed by atoms with Crippen molar-refractivity contribution < 1.29 is 8.78 Å². The topological polar surface area (TPSA) is 70.3 Å². The average Bonchev–Trinajstić information content (AvgIpc) is 2.91. The van der Waals surface area contributed by atoms with Crippen LogP contribution >= 0.6 is 0 Å². The van der Waals surface area contributed by atoms with Gasteiger partial charge in [0.15, 0.2) is 0 Å². The lowest BCUT2D eigenvalue weighted by Crippen LogP contribution is -2.02. The van der Waals surface area contributed by atoms with Gasteiger partial charge in [-0.1, -0.05) is 0 Å². The third-order valence-corrected chi connectivity index (χ3v) is 3.67. The molecule has 3 heterocycles. The van der Waals surface area contributed by atoms with Gasteiger partial charge in [0.25, 0.3) is 5.92 Å².